The van der Waals surface area contributed by atoms with Crippen LogP contribution in [0.3, 0.4) is 0 Å². The van der Waals surface area contributed by atoms with Gasteiger partial charge in [0.05, 0.1) is 12.8 Å². The Hall–Kier alpha value is -1.32. The van der Waals surface area contributed by atoms with Crippen LogP contribution < -0.4 is 0 Å². The minimum atomic E-state index is -0.893. The van der Waals surface area contributed by atoms with E-state index in [1.165, 1.54) is 0 Å². The predicted molar refractivity (Wildman–Crippen MR) is 49.1 cm³/mol. The van der Waals surface area contributed by atoms with Gasteiger partial charge in [0.15, 0.2) is 0 Å². The molecule has 0 atom stereocenters. The SMILES string of the molecule is O=C(O)Cc1ccc(CC(=O)O)cc1.[Cu]. The van der Waals surface area contributed by atoms with E-state index >= 15 is 0 Å². The topological polar surface area (TPSA) is 74.6 Å². The molecule has 1 radical (unpaired) electrons. The summed E-state index contributed by atoms with van der Waals surface area (Å²) in [6, 6.07) is 6.53. The molecule has 0 aliphatic carbocycles. The molecular weight excluding hydrogens is 248 g/mol. The molecule has 0 saturated carbocycles. The fourth-order valence-electron chi connectivity index (χ4n) is 1.12. The standard InChI is InChI=1S/C10H10O4.Cu/c11-9(12)5-7-1-2-8(4-3-7)6-10(13)14;/h1-4H,5-6H2,(H,11,12)(H,13,14);. The van der Waals surface area contributed by atoms with Gasteiger partial charge in [0.2, 0.25) is 0 Å². The summed E-state index contributed by atoms with van der Waals surface area (Å²) in [4.78, 5) is 20.7. The Morgan fingerprint density at radius 1 is 0.867 bits per heavy atom. The Morgan fingerprint density at radius 2 is 1.13 bits per heavy atom. The number of carbonyl (C=O) groups is 2. The molecule has 5 heteroatoms. The number of benzene rings is 1. The molecule has 15 heavy (non-hydrogen) atoms. The van der Waals surface area contributed by atoms with Crippen molar-refractivity contribution >= 4 is 11.9 Å². The number of carboxylic acid groups (broad SMARTS) is 2. The van der Waals surface area contributed by atoms with Crippen molar-refractivity contribution in [3.63, 3.8) is 0 Å². The molecule has 0 aliphatic heterocycles. The van der Waals surface area contributed by atoms with E-state index in [2.05, 4.69) is 0 Å². The first kappa shape index (κ1) is 13.7. The molecule has 0 amide bonds. The van der Waals surface area contributed by atoms with E-state index < -0.39 is 11.9 Å². The van der Waals surface area contributed by atoms with Crippen LogP contribution >= 0.6 is 0 Å². The summed E-state index contributed by atoms with van der Waals surface area (Å²) in [5, 5.41) is 17.0. The monoisotopic (exact) mass is 257 g/mol. The molecule has 1 aromatic carbocycles. The third kappa shape index (κ3) is 5.20. The molecular formula is C10H10CuO4. The summed E-state index contributed by atoms with van der Waals surface area (Å²) in [7, 11) is 0. The van der Waals surface area contributed by atoms with Gasteiger partial charge in [0, 0.05) is 17.1 Å². The summed E-state index contributed by atoms with van der Waals surface area (Å²) in [6.07, 6.45) is -0.0687. The Labute approximate surface area is 97.4 Å². The van der Waals surface area contributed by atoms with E-state index in [1.54, 1.807) is 24.3 Å². The molecule has 2 N–H and O–H groups in total. The van der Waals surface area contributed by atoms with Gasteiger partial charge in [-0.05, 0) is 11.1 Å². The molecule has 0 fully saturated rings. The zero-order chi connectivity index (χ0) is 10.6. The normalized spacial score (nSPS) is 9.07. The van der Waals surface area contributed by atoms with Crippen molar-refractivity contribution < 1.29 is 36.9 Å². The van der Waals surface area contributed by atoms with Crippen LogP contribution in [0.5, 0.6) is 0 Å². The minimum absolute atomic E-state index is 0. The summed E-state index contributed by atoms with van der Waals surface area (Å²) >= 11 is 0. The molecule has 4 nitrogen and oxygen atoms in total. The number of hydrogen-bond donors (Lipinski definition) is 2. The largest absolute Gasteiger partial charge is 0.481 e. The van der Waals surface area contributed by atoms with Gasteiger partial charge in [0.25, 0.3) is 0 Å². The number of carboxylic acids is 2. The smallest absolute Gasteiger partial charge is 0.307 e. The third-order valence-electron chi connectivity index (χ3n) is 1.73. The minimum Gasteiger partial charge on any atom is -0.481 e. The van der Waals surface area contributed by atoms with Crippen molar-refractivity contribution in [1.82, 2.24) is 0 Å². The van der Waals surface area contributed by atoms with Gasteiger partial charge in [-0.3, -0.25) is 9.59 Å². The average molecular weight is 258 g/mol. The molecule has 1 aromatic rings. The molecule has 1 rings (SSSR count). The summed E-state index contributed by atoms with van der Waals surface area (Å²) < 4.78 is 0. The zero-order valence-electron chi connectivity index (χ0n) is 7.74. The van der Waals surface area contributed by atoms with Gasteiger partial charge in [-0.15, -0.1) is 0 Å². The van der Waals surface area contributed by atoms with Crippen molar-refractivity contribution in [2.45, 2.75) is 12.8 Å². The quantitative estimate of drug-likeness (QED) is 0.788. The van der Waals surface area contributed by atoms with Crippen LogP contribution in [0.1, 0.15) is 11.1 Å². The Balaban J connectivity index is 0.00000196. The van der Waals surface area contributed by atoms with Gasteiger partial charge in [0.1, 0.15) is 0 Å². The molecule has 0 bridgehead atoms. The molecule has 85 valence electrons. The van der Waals surface area contributed by atoms with Gasteiger partial charge in [-0.2, -0.15) is 0 Å². The molecule has 0 saturated heterocycles. The van der Waals surface area contributed by atoms with E-state index in [-0.39, 0.29) is 29.9 Å². The Kier molecular flexibility index (Phi) is 5.67. The van der Waals surface area contributed by atoms with Gasteiger partial charge in [-0.25, -0.2) is 0 Å². The van der Waals surface area contributed by atoms with Crippen molar-refractivity contribution in [1.29, 1.82) is 0 Å². The van der Waals surface area contributed by atoms with E-state index in [1.807, 2.05) is 0 Å². The maximum absolute atomic E-state index is 10.3. The first-order chi connectivity index (χ1) is 6.58. The second-order valence-electron chi connectivity index (χ2n) is 2.96. The van der Waals surface area contributed by atoms with Crippen LogP contribution in [0.25, 0.3) is 0 Å². The van der Waals surface area contributed by atoms with Crippen LogP contribution in [0, 0.1) is 0 Å². The number of hydrogen-bond acceptors (Lipinski definition) is 2. The van der Waals surface area contributed by atoms with Crippen molar-refractivity contribution in [3.05, 3.63) is 35.4 Å². The average Bonchev–Trinajstić information content (AvgIpc) is 2.06. The first-order valence-electron chi connectivity index (χ1n) is 4.09. The summed E-state index contributed by atoms with van der Waals surface area (Å²) in [6.45, 7) is 0. The fraction of sp³-hybridized carbons (Fsp3) is 0.200. The molecule has 0 aromatic heterocycles. The van der Waals surface area contributed by atoms with E-state index in [4.69, 9.17) is 10.2 Å². The molecule has 0 spiro atoms. The van der Waals surface area contributed by atoms with E-state index in [9.17, 15) is 9.59 Å². The van der Waals surface area contributed by atoms with Gasteiger partial charge >= 0.3 is 11.9 Å². The number of aliphatic carboxylic acids is 2. The van der Waals surface area contributed by atoms with Crippen LogP contribution in [0.15, 0.2) is 24.3 Å². The second kappa shape index (κ2) is 6.22. The van der Waals surface area contributed by atoms with Crippen LogP contribution in [-0.4, -0.2) is 22.2 Å². The third-order valence-corrected chi connectivity index (χ3v) is 1.73. The van der Waals surface area contributed by atoms with Crippen LogP contribution in [0.2, 0.25) is 0 Å². The summed E-state index contributed by atoms with van der Waals surface area (Å²) in [5.74, 6) is -1.79. The second-order valence-corrected chi connectivity index (χ2v) is 2.96. The van der Waals surface area contributed by atoms with Crippen molar-refractivity contribution in [3.8, 4) is 0 Å². The van der Waals surface area contributed by atoms with Crippen LogP contribution in [0.4, 0.5) is 0 Å². The maximum Gasteiger partial charge on any atom is 0.307 e. The summed E-state index contributed by atoms with van der Waals surface area (Å²) in [5.41, 5.74) is 1.35. The number of rotatable bonds is 4. The molecule has 0 unspecified atom stereocenters. The maximum atomic E-state index is 10.3. The van der Waals surface area contributed by atoms with Crippen LogP contribution in [-0.2, 0) is 39.5 Å². The first-order valence-corrected chi connectivity index (χ1v) is 4.09. The van der Waals surface area contributed by atoms with Gasteiger partial charge in [-0.1, -0.05) is 24.3 Å². The Morgan fingerprint density at radius 3 is 1.33 bits per heavy atom. The Bertz CT molecular complexity index is 310. The zero-order valence-corrected chi connectivity index (χ0v) is 8.68. The van der Waals surface area contributed by atoms with Crippen molar-refractivity contribution in [2.24, 2.45) is 0 Å². The fourth-order valence-corrected chi connectivity index (χ4v) is 1.12. The molecule has 0 aliphatic rings. The van der Waals surface area contributed by atoms with E-state index in [0.29, 0.717) is 11.1 Å². The predicted octanol–water partition coefficient (Wildman–Crippen LogP) is 0.938. The van der Waals surface area contributed by atoms with Crippen molar-refractivity contribution in [2.75, 3.05) is 0 Å². The molecule has 0 heterocycles. The van der Waals surface area contributed by atoms with Gasteiger partial charge < -0.3 is 10.2 Å². The van der Waals surface area contributed by atoms with E-state index in [0.717, 1.165) is 0 Å².